The number of nitrogens with one attached hydrogen (secondary N) is 3. The van der Waals surface area contributed by atoms with E-state index in [9.17, 15) is 33.9 Å². The first-order valence-corrected chi connectivity index (χ1v) is 25.4. The minimum Gasteiger partial charge on any atom is -0.432 e. The molecule has 1 fully saturated rings. The number of ether oxygens (including phenoxy) is 2. The molecule has 1 aliphatic heterocycles. The lowest BCUT2D eigenvalue weighted by molar-refractivity contribution is -0.148. The van der Waals surface area contributed by atoms with Crippen molar-refractivity contribution in [2.24, 2.45) is 23.7 Å². The smallest absolute Gasteiger partial charge is 0.317 e. The molecule has 0 radical (unpaired) electrons. The Bertz CT molecular complexity index is 1550. The van der Waals surface area contributed by atoms with Crippen LogP contribution in [0.4, 0.5) is 4.79 Å². The summed E-state index contributed by atoms with van der Waals surface area (Å²) in [5, 5.41) is 19.6. The zero-order valence-corrected chi connectivity index (χ0v) is 40.6. The summed E-state index contributed by atoms with van der Waals surface area (Å²) >= 11 is 0. The van der Waals surface area contributed by atoms with E-state index in [1.165, 1.54) is 19.1 Å². The van der Waals surface area contributed by atoms with Crippen molar-refractivity contribution in [1.29, 1.82) is 0 Å². The maximum atomic E-state index is 14.5. The van der Waals surface area contributed by atoms with Gasteiger partial charge in [0.1, 0.15) is 12.1 Å². The van der Waals surface area contributed by atoms with E-state index in [0.717, 1.165) is 6.42 Å². The molecule has 1 aliphatic rings. The number of aliphatic hydroxyl groups excluding tert-OH is 1. The van der Waals surface area contributed by atoms with E-state index < -0.39 is 68.7 Å². The fourth-order valence-corrected chi connectivity index (χ4v) is 9.59. The fraction of sp³-hybridized carbons (Fsp3) is 0.756. The number of benzene rings is 1. The Morgan fingerprint density at radius 2 is 1.52 bits per heavy atom. The highest BCUT2D eigenvalue weighted by atomic mass is 28.4. The number of rotatable bonds is 24. The Morgan fingerprint density at radius 1 is 0.902 bits per heavy atom. The summed E-state index contributed by atoms with van der Waals surface area (Å²) in [6.07, 6.45) is 0.451. The molecule has 0 bridgehead atoms. The van der Waals surface area contributed by atoms with E-state index in [1.807, 2.05) is 85.0 Å². The lowest BCUT2D eigenvalue weighted by atomic mass is 9.89. The Labute approximate surface area is 367 Å². The lowest BCUT2D eigenvalue weighted by Gasteiger charge is -2.41. The van der Waals surface area contributed by atoms with Crippen LogP contribution >= 0.6 is 0 Å². The van der Waals surface area contributed by atoms with Gasteiger partial charge >= 0.3 is 6.03 Å². The Morgan fingerprint density at radius 3 is 2.05 bits per heavy atom. The van der Waals surface area contributed by atoms with Crippen molar-refractivity contribution in [3.63, 3.8) is 0 Å². The Kier molecular flexibility index (Phi) is 21.9. The minimum absolute atomic E-state index is 0.0248. The number of carbonyl (C=O) groups is 5. The van der Waals surface area contributed by atoms with Gasteiger partial charge in [0, 0.05) is 41.4 Å². The highest BCUT2D eigenvalue weighted by Crippen LogP contribution is 2.30. The molecular weight excluding hydrogens is 797 g/mol. The summed E-state index contributed by atoms with van der Waals surface area (Å²) in [5.74, 6) is -2.56. The third-order valence-electron chi connectivity index (χ3n) is 12.4. The first-order chi connectivity index (χ1) is 28.5. The molecule has 15 nitrogen and oxygen atoms in total. The van der Waals surface area contributed by atoms with E-state index in [-0.39, 0.29) is 47.9 Å². The average Bonchev–Trinajstić information content (AvgIpc) is 3.70. The second-order valence-corrected chi connectivity index (χ2v) is 22.5. The van der Waals surface area contributed by atoms with Crippen molar-refractivity contribution in [3.05, 3.63) is 35.9 Å². The SMILES string of the molecule is CC[C@@H](C)[C@H]([C@H](CC(=O)N1CCC[C@@H]1[C@@H](OC)[C@H](C)C(=O)N[C@@H](C)[C@H](O)c1ccccc1)OC)N(C)C(=O)C(NC(=O)[C@@H](C(C)C)N(C)C(=O)NCCC[Si](C)(C)O)C(C)C. The molecule has 0 saturated carbocycles. The number of hydrogen-bond donors (Lipinski definition) is 5. The third kappa shape index (κ3) is 15.3. The van der Waals surface area contributed by atoms with Gasteiger partial charge < -0.3 is 50.0 Å². The van der Waals surface area contributed by atoms with Crippen LogP contribution in [0.25, 0.3) is 0 Å². The van der Waals surface area contributed by atoms with Crippen LogP contribution in [0.2, 0.25) is 19.1 Å². The summed E-state index contributed by atoms with van der Waals surface area (Å²) in [6.45, 7) is 19.5. The third-order valence-corrected chi connectivity index (χ3v) is 13.9. The number of nitrogens with zero attached hydrogens (tertiary/aromatic N) is 3. The molecule has 1 heterocycles. The molecule has 1 saturated heterocycles. The number of methoxy groups -OCH3 is 2. The second-order valence-electron chi connectivity index (χ2n) is 18.4. The number of likely N-dealkylation sites (N-methyl/N-ethyl adjacent to an activating group) is 2. The van der Waals surface area contributed by atoms with Crippen LogP contribution in [0.5, 0.6) is 0 Å². The van der Waals surface area contributed by atoms with Crippen LogP contribution in [-0.4, -0.2) is 146 Å². The van der Waals surface area contributed by atoms with Crippen LogP contribution in [0, 0.1) is 23.7 Å². The van der Waals surface area contributed by atoms with Crippen LogP contribution < -0.4 is 16.0 Å². The van der Waals surface area contributed by atoms with Crippen LogP contribution in [0.3, 0.4) is 0 Å². The predicted molar refractivity (Wildman–Crippen MR) is 241 cm³/mol. The summed E-state index contributed by atoms with van der Waals surface area (Å²) in [6, 6.07) is 6.10. The van der Waals surface area contributed by atoms with Crippen molar-refractivity contribution >= 4 is 38.0 Å². The van der Waals surface area contributed by atoms with Crippen molar-refractivity contribution < 1.29 is 43.3 Å². The van der Waals surface area contributed by atoms with Gasteiger partial charge in [0.15, 0.2) is 8.32 Å². The van der Waals surface area contributed by atoms with Gasteiger partial charge in [-0.2, -0.15) is 0 Å². The van der Waals surface area contributed by atoms with Gasteiger partial charge in [-0.15, -0.1) is 0 Å². The van der Waals surface area contributed by atoms with Gasteiger partial charge in [-0.25, -0.2) is 4.79 Å². The molecule has 1 aromatic carbocycles. The molecule has 348 valence electrons. The second kappa shape index (κ2) is 24.9. The Hall–Kier alpha value is -3.57. The van der Waals surface area contributed by atoms with E-state index in [4.69, 9.17) is 9.47 Å². The van der Waals surface area contributed by atoms with Crippen molar-refractivity contribution in [1.82, 2.24) is 30.7 Å². The largest absolute Gasteiger partial charge is 0.432 e. The normalized spacial score (nSPS) is 18.9. The van der Waals surface area contributed by atoms with E-state index in [1.54, 1.807) is 37.7 Å². The minimum atomic E-state index is -2.25. The molecule has 0 aromatic heterocycles. The maximum Gasteiger partial charge on any atom is 0.317 e. The summed E-state index contributed by atoms with van der Waals surface area (Å²) in [4.78, 5) is 84.3. The number of amides is 6. The van der Waals surface area contributed by atoms with Gasteiger partial charge in [-0.1, -0.05) is 85.2 Å². The molecule has 1 unspecified atom stereocenters. The number of likely N-dealkylation sites (tertiary alicyclic amines) is 1. The van der Waals surface area contributed by atoms with Gasteiger partial charge in [0.25, 0.3) is 0 Å². The van der Waals surface area contributed by atoms with Crippen molar-refractivity contribution in [2.75, 3.05) is 41.4 Å². The van der Waals surface area contributed by atoms with Crippen LogP contribution in [-0.2, 0) is 28.7 Å². The molecule has 0 aliphatic carbocycles. The molecule has 5 N–H and O–H groups in total. The zero-order valence-electron chi connectivity index (χ0n) is 39.6. The predicted octanol–water partition coefficient (Wildman–Crippen LogP) is 4.54. The molecule has 10 atom stereocenters. The monoisotopic (exact) mass is 877 g/mol. The highest BCUT2D eigenvalue weighted by molar-refractivity contribution is 6.69. The van der Waals surface area contributed by atoms with Gasteiger partial charge in [-0.05, 0) is 68.6 Å². The number of urea groups is 1. The van der Waals surface area contributed by atoms with Crippen molar-refractivity contribution in [3.8, 4) is 0 Å². The number of hydrogen-bond acceptors (Lipinski definition) is 9. The first-order valence-electron chi connectivity index (χ1n) is 22.2. The summed E-state index contributed by atoms with van der Waals surface area (Å²) in [7, 11) is 4.07. The summed E-state index contributed by atoms with van der Waals surface area (Å²) in [5.41, 5.74) is 0.695. The quantitative estimate of drug-likeness (QED) is 0.0734. The van der Waals surface area contributed by atoms with Crippen LogP contribution in [0.1, 0.15) is 99.2 Å². The topological polar surface area (TPSA) is 190 Å². The van der Waals surface area contributed by atoms with E-state index >= 15 is 0 Å². The molecule has 16 heteroatoms. The molecule has 6 amide bonds. The zero-order chi connectivity index (χ0) is 46.4. The first kappa shape index (κ1) is 53.6. The average molecular weight is 877 g/mol. The standard InChI is InChI=1S/C45H80N6O9Si/c1-15-30(6)39(49(9)44(56)37(28(2)3)48-43(55)38(29(4)5)50(10)45(57)46-24-20-26-61(13,14)58)35(59-11)27-36(52)51-25-19-23-34(51)41(60-12)31(7)42(54)47-32(8)40(53)33-21-17-16-18-22-33/h16-18,21-22,28-32,34-35,37-41,53,58H,15,19-20,23-27H2,1-14H3,(H,46,57)(H,47,54)(H,48,55)/t30-,31+,32+,34-,35+,37?,38-,39-,40+,41+/m1/s1. The molecular formula is C45H80N6O9Si. The van der Waals surface area contributed by atoms with E-state index in [2.05, 4.69) is 16.0 Å². The van der Waals surface area contributed by atoms with Crippen LogP contribution in [0.15, 0.2) is 30.3 Å². The number of carbonyl (C=O) groups excluding carboxylic acids is 5. The van der Waals surface area contributed by atoms with Gasteiger partial charge in [-0.3, -0.25) is 19.2 Å². The fourth-order valence-electron chi connectivity index (χ4n) is 8.54. The van der Waals surface area contributed by atoms with Gasteiger partial charge in [0.2, 0.25) is 23.6 Å². The molecule has 1 aromatic rings. The van der Waals surface area contributed by atoms with Crippen molar-refractivity contribution in [2.45, 2.75) is 155 Å². The highest BCUT2D eigenvalue weighted by Gasteiger charge is 2.43. The Balaban J connectivity index is 2.25. The molecule has 2 rings (SSSR count). The summed E-state index contributed by atoms with van der Waals surface area (Å²) < 4.78 is 12.0. The van der Waals surface area contributed by atoms with E-state index in [0.29, 0.717) is 44.0 Å². The van der Waals surface area contributed by atoms with Gasteiger partial charge in [0.05, 0.1) is 48.8 Å². The number of aliphatic hydroxyl groups is 1. The lowest BCUT2D eigenvalue weighted by Crippen LogP contribution is -2.61. The maximum absolute atomic E-state index is 14.5. The molecule has 61 heavy (non-hydrogen) atoms. The molecule has 0 spiro atoms.